The first kappa shape index (κ1) is 21.2. The van der Waals surface area contributed by atoms with Gasteiger partial charge in [0, 0.05) is 36.5 Å². The number of hydrogen-bond acceptors (Lipinski definition) is 5. The number of anilines is 1. The highest BCUT2D eigenvalue weighted by Gasteiger charge is 2.32. The molecule has 0 radical (unpaired) electrons. The van der Waals surface area contributed by atoms with Gasteiger partial charge in [0.25, 0.3) is 0 Å². The molecule has 1 atom stereocenters. The lowest BCUT2D eigenvalue weighted by molar-refractivity contribution is -0.117. The molecule has 160 valence electrons. The van der Waals surface area contributed by atoms with Gasteiger partial charge in [0.05, 0.1) is 22.8 Å². The minimum atomic E-state index is -0.554. The first-order valence-corrected chi connectivity index (χ1v) is 10.5. The molecule has 0 saturated carbocycles. The fourth-order valence-electron chi connectivity index (χ4n) is 3.84. The number of amides is 1. The zero-order valence-electron chi connectivity index (χ0n) is 17.9. The highest BCUT2D eigenvalue weighted by atomic mass is 35.5. The molecule has 1 aliphatic rings. The Balaban J connectivity index is 1.58. The molecule has 1 amide bonds. The average molecular weight is 438 g/mol. The molecular weight excluding hydrogens is 414 g/mol. The van der Waals surface area contributed by atoms with E-state index in [1.165, 1.54) is 13.1 Å². The summed E-state index contributed by atoms with van der Waals surface area (Å²) in [6.07, 6.45) is 4.25. The van der Waals surface area contributed by atoms with Crippen molar-refractivity contribution in [2.75, 3.05) is 5.32 Å². The highest BCUT2D eigenvalue weighted by Crippen LogP contribution is 2.39. The van der Waals surface area contributed by atoms with Gasteiger partial charge in [-0.2, -0.15) is 5.10 Å². The Kier molecular flexibility index (Phi) is 5.39. The number of fused-ring (bicyclic) bond motifs is 1. The molecular formula is C23H24ClN5O2. The van der Waals surface area contributed by atoms with Crippen molar-refractivity contribution in [2.45, 2.75) is 46.6 Å². The first-order chi connectivity index (χ1) is 14.6. The number of rotatable bonds is 5. The van der Waals surface area contributed by atoms with Gasteiger partial charge in [-0.1, -0.05) is 31.5 Å². The van der Waals surface area contributed by atoms with E-state index >= 15 is 0 Å². The highest BCUT2D eigenvalue weighted by molar-refractivity contribution is 6.33. The molecule has 31 heavy (non-hydrogen) atoms. The van der Waals surface area contributed by atoms with Crippen LogP contribution < -0.4 is 5.32 Å². The summed E-state index contributed by atoms with van der Waals surface area (Å²) in [5, 5.41) is 7.85. The monoisotopic (exact) mass is 437 g/mol. The molecule has 8 heteroatoms. The fourth-order valence-corrected chi connectivity index (χ4v) is 4.05. The molecule has 4 heterocycles. The number of pyridine rings is 2. The molecule has 1 N–H and O–H groups in total. The van der Waals surface area contributed by atoms with Gasteiger partial charge in [0.15, 0.2) is 5.78 Å². The zero-order chi connectivity index (χ0) is 22.3. The van der Waals surface area contributed by atoms with Gasteiger partial charge in [-0.25, -0.2) is 9.97 Å². The van der Waals surface area contributed by atoms with E-state index in [1.54, 1.807) is 31.2 Å². The van der Waals surface area contributed by atoms with E-state index in [0.29, 0.717) is 22.2 Å². The molecule has 1 aliphatic heterocycles. The van der Waals surface area contributed by atoms with E-state index in [4.69, 9.17) is 11.6 Å². The normalized spacial score (nSPS) is 15.4. The maximum Gasteiger partial charge on any atom is 0.234 e. The van der Waals surface area contributed by atoms with Crippen molar-refractivity contribution in [1.82, 2.24) is 19.7 Å². The number of carbonyl (C=O) groups excluding carboxylic acids is 2. The lowest BCUT2D eigenvalue weighted by atomic mass is 9.89. The molecule has 4 rings (SSSR count). The Hall–Kier alpha value is -3.06. The Bertz CT molecular complexity index is 1180. The quantitative estimate of drug-likeness (QED) is 0.592. The summed E-state index contributed by atoms with van der Waals surface area (Å²) in [6, 6.07) is 6.86. The van der Waals surface area contributed by atoms with Gasteiger partial charge in [-0.15, -0.1) is 0 Å². The van der Waals surface area contributed by atoms with Crippen LogP contribution in [0.1, 0.15) is 55.5 Å². The first-order valence-electron chi connectivity index (χ1n) is 10.1. The third-order valence-corrected chi connectivity index (χ3v) is 5.84. The van der Waals surface area contributed by atoms with Crippen LogP contribution >= 0.6 is 11.6 Å². The lowest BCUT2D eigenvalue weighted by Crippen LogP contribution is -2.21. The minimum Gasteiger partial charge on any atom is -0.310 e. The van der Waals surface area contributed by atoms with Gasteiger partial charge in [0.1, 0.15) is 11.5 Å². The number of carbonyl (C=O) groups is 2. The number of halogens is 1. The SMILES string of the molecule is CC(=O)c1cccc(C(C)C(=O)Nc2cc(-c3cnn4c3CC(C)(C)C4)c(Cl)cn2)n1. The summed E-state index contributed by atoms with van der Waals surface area (Å²) in [5.41, 5.74) is 3.88. The number of nitrogens with zero attached hydrogens (tertiary/aromatic N) is 4. The summed E-state index contributed by atoms with van der Waals surface area (Å²) >= 11 is 6.45. The van der Waals surface area contributed by atoms with Gasteiger partial charge in [-0.3, -0.25) is 14.3 Å². The van der Waals surface area contributed by atoms with Gasteiger partial charge < -0.3 is 5.32 Å². The molecule has 3 aromatic heterocycles. The van der Waals surface area contributed by atoms with Gasteiger partial charge in [-0.05, 0) is 37.0 Å². The number of nitrogens with one attached hydrogen (secondary N) is 1. The zero-order valence-corrected chi connectivity index (χ0v) is 18.7. The van der Waals surface area contributed by atoms with Crippen LogP contribution in [0.4, 0.5) is 5.82 Å². The number of aromatic nitrogens is 4. The van der Waals surface area contributed by atoms with Crippen molar-refractivity contribution in [3.63, 3.8) is 0 Å². The third kappa shape index (κ3) is 4.23. The van der Waals surface area contributed by atoms with Crippen LogP contribution in [0.2, 0.25) is 5.02 Å². The van der Waals surface area contributed by atoms with Crippen molar-refractivity contribution in [2.24, 2.45) is 5.41 Å². The largest absolute Gasteiger partial charge is 0.310 e. The molecule has 0 aromatic carbocycles. The summed E-state index contributed by atoms with van der Waals surface area (Å²) in [7, 11) is 0. The lowest BCUT2D eigenvalue weighted by Gasteiger charge is -2.15. The van der Waals surface area contributed by atoms with Crippen LogP contribution in [0.15, 0.2) is 36.7 Å². The summed E-state index contributed by atoms with van der Waals surface area (Å²) in [4.78, 5) is 33.0. The molecule has 3 aromatic rings. The predicted molar refractivity (Wildman–Crippen MR) is 119 cm³/mol. The molecule has 0 fully saturated rings. The second kappa shape index (κ2) is 7.89. The second-order valence-corrected chi connectivity index (χ2v) is 9.17. The van der Waals surface area contributed by atoms with E-state index in [1.807, 2.05) is 10.9 Å². The van der Waals surface area contributed by atoms with Crippen molar-refractivity contribution in [1.29, 1.82) is 0 Å². The summed E-state index contributed by atoms with van der Waals surface area (Å²) in [5.74, 6) is -0.566. The number of hydrogen-bond donors (Lipinski definition) is 1. The predicted octanol–water partition coefficient (Wildman–Crippen LogP) is 4.52. The van der Waals surface area contributed by atoms with E-state index in [-0.39, 0.29) is 17.1 Å². The molecule has 0 aliphatic carbocycles. The van der Waals surface area contributed by atoms with Crippen molar-refractivity contribution in [3.8, 4) is 11.1 Å². The smallest absolute Gasteiger partial charge is 0.234 e. The van der Waals surface area contributed by atoms with Crippen molar-refractivity contribution >= 4 is 29.1 Å². The van der Waals surface area contributed by atoms with Crippen LogP contribution in [-0.2, 0) is 17.8 Å². The van der Waals surface area contributed by atoms with Crippen molar-refractivity contribution < 1.29 is 9.59 Å². The summed E-state index contributed by atoms with van der Waals surface area (Å²) < 4.78 is 2.01. The molecule has 0 spiro atoms. The van der Waals surface area contributed by atoms with E-state index in [2.05, 4.69) is 34.2 Å². The molecule has 7 nitrogen and oxygen atoms in total. The van der Waals surface area contributed by atoms with Gasteiger partial charge >= 0.3 is 0 Å². The average Bonchev–Trinajstić information content (AvgIpc) is 3.23. The van der Waals surface area contributed by atoms with Crippen molar-refractivity contribution in [3.05, 3.63) is 58.8 Å². The van der Waals surface area contributed by atoms with E-state index < -0.39 is 5.92 Å². The maximum absolute atomic E-state index is 12.8. The maximum atomic E-state index is 12.8. The fraction of sp³-hybridized carbons (Fsp3) is 0.348. The Morgan fingerprint density at radius 3 is 2.74 bits per heavy atom. The van der Waals surface area contributed by atoms with Crippen LogP contribution in [0, 0.1) is 5.41 Å². The van der Waals surface area contributed by atoms with Gasteiger partial charge in [0.2, 0.25) is 5.91 Å². The van der Waals surface area contributed by atoms with E-state index in [9.17, 15) is 9.59 Å². The Labute approximate surface area is 185 Å². The number of ketones is 1. The molecule has 0 bridgehead atoms. The van der Waals surface area contributed by atoms with Crippen LogP contribution in [0.5, 0.6) is 0 Å². The van der Waals surface area contributed by atoms with Crippen LogP contribution in [0.25, 0.3) is 11.1 Å². The Morgan fingerprint density at radius 2 is 2.00 bits per heavy atom. The molecule has 0 saturated heterocycles. The third-order valence-electron chi connectivity index (χ3n) is 5.54. The summed E-state index contributed by atoms with van der Waals surface area (Å²) in [6.45, 7) is 8.47. The van der Waals surface area contributed by atoms with Crippen LogP contribution in [0.3, 0.4) is 0 Å². The Morgan fingerprint density at radius 1 is 1.23 bits per heavy atom. The van der Waals surface area contributed by atoms with Crippen LogP contribution in [-0.4, -0.2) is 31.4 Å². The van der Waals surface area contributed by atoms with E-state index in [0.717, 1.165) is 29.8 Å². The number of Topliss-reactive ketones (excluding diaryl/α,β-unsaturated/α-hetero) is 1. The minimum absolute atomic E-state index is 0.143. The second-order valence-electron chi connectivity index (χ2n) is 8.77. The topological polar surface area (TPSA) is 89.8 Å². The standard InChI is InChI=1S/C23H24ClN5O2/c1-13(18-6-5-7-19(27-18)14(2)30)22(31)28-21-8-15(17(24)11-25-21)16-10-26-29-12-23(3,4)9-20(16)29/h5-8,10-11,13H,9,12H2,1-4H3,(H,25,28,31). The molecule has 1 unspecified atom stereocenters.